The Bertz CT molecular complexity index is 634. The van der Waals surface area contributed by atoms with Crippen LogP contribution < -0.4 is 10.5 Å². The Hall–Kier alpha value is -2.09. The average molecular weight is 253 g/mol. The molecule has 0 fully saturated rings. The highest BCUT2D eigenvalue weighted by molar-refractivity contribution is 7.92. The number of aromatic amines is 1. The number of nitrogen functional groups attached to an aromatic ring is 1. The van der Waals surface area contributed by atoms with Crippen LogP contribution in [-0.4, -0.2) is 23.6 Å². The smallest absolute Gasteiger partial charge is 0.268 e. The third kappa shape index (κ3) is 2.21. The molecule has 0 unspecified atom stereocenters. The minimum Gasteiger partial charge on any atom is -0.383 e. The van der Waals surface area contributed by atoms with Crippen LogP contribution >= 0.6 is 0 Å². The van der Waals surface area contributed by atoms with Gasteiger partial charge in [-0.05, 0) is 18.6 Å². The van der Waals surface area contributed by atoms with Crippen molar-refractivity contribution in [2.75, 3.05) is 10.5 Å². The number of nitrogens with two attached hydrogens (primary N) is 1. The summed E-state index contributed by atoms with van der Waals surface area (Å²) in [5, 5.41) is 5.93. The Morgan fingerprint density at radius 2 is 2.24 bits per heavy atom. The third-order valence-corrected chi connectivity index (χ3v) is 3.53. The van der Waals surface area contributed by atoms with Crippen molar-refractivity contribution < 1.29 is 8.42 Å². The van der Waals surface area contributed by atoms with E-state index in [9.17, 15) is 8.42 Å². The molecule has 4 N–H and O–H groups in total. The molecule has 0 amide bonds. The molecule has 2 heterocycles. The first kappa shape index (κ1) is 11.4. The summed E-state index contributed by atoms with van der Waals surface area (Å²) in [6, 6.07) is 3.48. The van der Waals surface area contributed by atoms with Gasteiger partial charge in [0.1, 0.15) is 16.5 Å². The fraction of sp³-hybridized carbons (Fsp3) is 0.111. The summed E-state index contributed by atoms with van der Waals surface area (Å²) in [5.74, 6) is 0.263. The molecule has 7 nitrogen and oxygen atoms in total. The van der Waals surface area contributed by atoms with E-state index < -0.39 is 10.0 Å². The number of hydrogen-bond acceptors (Lipinski definition) is 5. The molecule has 0 aromatic carbocycles. The zero-order chi connectivity index (χ0) is 12.5. The minimum atomic E-state index is -3.75. The van der Waals surface area contributed by atoms with E-state index in [-0.39, 0.29) is 16.5 Å². The highest BCUT2D eigenvalue weighted by atomic mass is 32.2. The molecular weight excluding hydrogens is 242 g/mol. The van der Waals surface area contributed by atoms with Crippen molar-refractivity contribution in [1.82, 2.24) is 15.2 Å². The zero-order valence-electron chi connectivity index (χ0n) is 9.01. The molecule has 0 atom stereocenters. The fourth-order valence-corrected chi connectivity index (χ4v) is 2.38. The van der Waals surface area contributed by atoms with Gasteiger partial charge in [0, 0.05) is 6.20 Å². The van der Waals surface area contributed by atoms with E-state index in [0.29, 0.717) is 0 Å². The predicted octanol–water partition coefficient (Wildman–Crippen LogP) is 0.496. The molecule has 0 saturated heterocycles. The minimum absolute atomic E-state index is 0.00826. The lowest BCUT2D eigenvalue weighted by atomic mass is 10.3. The van der Waals surface area contributed by atoms with Crippen molar-refractivity contribution in [3.05, 3.63) is 30.1 Å². The number of nitrogens with zero attached hydrogens (tertiary/aromatic N) is 2. The quantitative estimate of drug-likeness (QED) is 0.736. The second kappa shape index (κ2) is 4.06. The molecule has 0 aliphatic heterocycles. The summed E-state index contributed by atoms with van der Waals surface area (Å²) < 4.78 is 26.2. The van der Waals surface area contributed by atoms with Crippen LogP contribution in [0.4, 0.5) is 11.6 Å². The first-order valence-corrected chi connectivity index (χ1v) is 6.22. The van der Waals surface area contributed by atoms with E-state index in [1.807, 2.05) is 0 Å². The standard InChI is InChI=1S/C9H11N5O2S/c1-6-3-2-4-11-9(6)14-17(15,16)7-5-12-13-8(7)10/h2-5H,1H3,(H,11,14)(H3,10,12,13). The van der Waals surface area contributed by atoms with Gasteiger partial charge in [0.15, 0.2) is 0 Å². The molecule has 0 saturated carbocycles. The van der Waals surface area contributed by atoms with Gasteiger partial charge in [-0.15, -0.1) is 0 Å². The van der Waals surface area contributed by atoms with E-state index in [0.717, 1.165) is 11.8 Å². The van der Waals surface area contributed by atoms with Crippen LogP contribution in [0.3, 0.4) is 0 Å². The fourth-order valence-electron chi connectivity index (χ4n) is 1.27. The Morgan fingerprint density at radius 3 is 2.82 bits per heavy atom. The van der Waals surface area contributed by atoms with Crippen LogP contribution in [0, 0.1) is 6.92 Å². The van der Waals surface area contributed by atoms with E-state index >= 15 is 0 Å². The lowest BCUT2D eigenvalue weighted by Crippen LogP contribution is -2.15. The number of anilines is 2. The van der Waals surface area contributed by atoms with Crippen molar-refractivity contribution in [3.8, 4) is 0 Å². The molecule has 8 heteroatoms. The normalized spacial score (nSPS) is 11.4. The topological polar surface area (TPSA) is 114 Å². The zero-order valence-corrected chi connectivity index (χ0v) is 9.82. The summed E-state index contributed by atoms with van der Waals surface area (Å²) in [7, 11) is -3.75. The number of nitrogens with one attached hydrogen (secondary N) is 2. The molecule has 17 heavy (non-hydrogen) atoms. The molecule has 0 radical (unpaired) electrons. The summed E-state index contributed by atoms with van der Waals surface area (Å²) in [4.78, 5) is 3.85. The molecule has 2 rings (SSSR count). The molecule has 2 aromatic heterocycles. The second-order valence-corrected chi connectivity index (χ2v) is 5.07. The number of pyridine rings is 1. The summed E-state index contributed by atoms with van der Waals surface area (Å²) >= 11 is 0. The number of rotatable bonds is 3. The second-order valence-electron chi connectivity index (χ2n) is 3.42. The Kier molecular flexibility index (Phi) is 2.72. The number of aryl methyl sites for hydroxylation is 1. The van der Waals surface area contributed by atoms with Crippen LogP contribution in [-0.2, 0) is 10.0 Å². The summed E-state index contributed by atoms with van der Waals surface area (Å²) in [5.41, 5.74) is 6.18. The van der Waals surface area contributed by atoms with E-state index in [2.05, 4.69) is 19.9 Å². The first-order valence-electron chi connectivity index (χ1n) is 4.74. The molecule has 2 aromatic rings. The van der Waals surface area contributed by atoms with Gasteiger partial charge in [-0.2, -0.15) is 5.10 Å². The van der Waals surface area contributed by atoms with Gasteiger partial charge >= 0.3 is 0 Å². The van der Waals surface area contributed by atoms with E-state index in [4.69, 9.17) is 5.73 Å². The predicted molar refractivity (Wildman–Crippen MR) is 62.8 cm³/mol. The lowest BCUT2D eigenvalue weighted by molar-refractivity contribution is 0.601. The van der Waals surface area contributed by atoms with Gasteiger partial charge in [-0.1, -0.05) is 6.07 Å². The van der Waals surface area contributed by atoms with Crippen LogP contribution in [0.2, 0.25) is 0 Å². The number of sulfonamides is 1. The van der Waals surface area contributed by atoms with Crippen molar-refractivity contribution in [2.24, 2.45) is 0 Å². The Morgan fingerprint density at radius 1 is 1.47 bits per heavy atom. The lowest BCUT2D eigenvalue weighted by Gasteiger charge is -2.07. The first-order chi connectivity index (χ1) is 8.00. The number of hydrogen-bond donors (Lipinski definition) is 3. The highest BCUT2D eigenvalue weighted by Gasteiger charge is 2.20. The van der Waals surface area contributed by atoms with Gasteiger partial charge in [0.2, 0.25) is 0 Å². The third-order valence-electron chi connectivity index (χ3n) is 2.16. The van der Waals surface area contributed by atoms with Gasteiger partial charge in [0.05, 0.1) is 6.20 Å². The Labute approximate surface area is 98.1 Å². The molecule has 90 valence electrons. The van der Waals surface area contributed by atoms with Crippen LogP contribution in [0.1, 0.15) is 5.56 Å². The summed E-state index contributed by atoms with van der Waals surface area (Å²) in [6.45, 7) is 1.75. The molecule has 0 aliphatic rings. The van der Waals surface area contributed by atoms with E-state index in [1.54, 1.807) is 19.1 Å². The highest BCUT2D eigenvalue weighted by Crippen LogP contribution is 2.19. The van der Waals surface area contributed by atoms with Gasteiger partial charge in [0.25, 0.3) is 10.0 Å². The van der Waals surface area contributed by atoms with Crippen LogP contribution in [0.15, 0.2) is 29.4 Å². The van der Waals surface area contributed by atoms with Crippen LogP contribution in [0.25, 0.3) is 0 Å². The number of aromatic nitrogens is 3. The SMILES string of the molecule is Cc1cccnc1NS(=O)(=O)c1cn[nH]c1N. The maximum absolute atomic E-state index is 11.9. The maximum atomic E-state index is 11.9. The molecule has 0 aliphatic carbocycles. The van der Waals surface area contributed by atoms with E-state index in [1.165, 1.54) is 6.20 Å². The number of H-pyrrole nitrogens is 1. The van der Waals surface area contributed by atoms with Crippen molar-refractivity contribution in [2.45, 2.75) is 11.8 Å². The van der Waals surface area contributed by atoms with Crippen molar-refractivity contribution in [1.29, 1.82) is 0 Å². The van der Waals surface area contributed by atoms with Gasteiger partial charge < -0.3 is 5.73 Å². The van der Waals surface area contributed by atoms with Crippen LogP contribution in [0.5, 0.6) is 0 Å². The molecule has 0 bridgehead atoms. The monoisotopic (exact) mass is 253 g/mol. The molecular formula is C9H11N5O2S. The largest absolute Gasteiger partial charge is 0.383 e. The van der Waals surface area contributed by atoms with Crippen molar-refractivity contribution >= 4 is 21.7 Å². The summed E-state index contributed by atoms with van der Waals surface area (Å²) in [6.07, 6.45) is 2.65. The average Bonchev–Trinajstić information content (AvgIpc) is 2.68. The Balaban J connectivity index is 2.37. The molecule has 0 spiro atoms. The van der Waals surface area contributed by atoms with Gasteiger partial charge in [-0.25, -0.2) is 13.4 Å². The maximum Gasteiger partial charge on any atom is 0.268 e. The van der Waals surface area contributed by atoms with Crippen molar-refractivity contribution in [3.63, 3.8) is 0 Å². The van der Waals surface area contributed by atoms with Gasteiger partial charge in [-0.3, -0.25) is 9.82 Å².